The van der Waals surface area contributed by atoms with Crippen LogP contribution in [0.4, 0.5) is 17.6 Å². The molecule has 11 heteroatoms. The van der Waals surface area contributed by atoms with Crippen molar-refractivity contribution in [3.05, 3.63) is 76.7 Å². The third-order valence-electron chi connectivity index (χ3n) is 7.62. The summed E-state index contributed by atoms with van der Waals surface area (Å²) in [5.74, 6) is -0.345. The van der Waals surface area contributed by atoms with Crippen LogP contribution in [0.15, 0.2) is 48.5 Å². The highest BCUT2D eigenvalue weighted by Crippen LogP contribution is 2.44. The van der Waals surface area contributed by atoms with Gasteiger partial charge in [-0.2, -0.15) is 13.2 Å². The minimum atomic E-state index is -5.18. The minimum absolute atomic E-state index is 0.0831. The Hall–Kier alpha value is -3.54. The summed E-state index contributed by atoms with van der Waals surface area (Å²) >= 11 is 0. The van der Waals surface area contributed by atoms with E-state index in [1.54, 1.807) is 26.0 Å². The zero-order chi connectivity index (χ0) is 31.6. The molecular weight excluding hydrogens is 566 g/mol. The average Bonchev–Trinajstić information content (AvgIpc) is 3.79. The third-order valence-corrected chi connectivity index (χ3v) is 7.62. The van der Waals surface area contributed by atoms with E-state index in [9.17, 15) is 27.5 Å². The van der Waals surface area contributed by atoms with Crippen LogP contribution in [0, 0.1) is 12.7 Å². The summed E-state index contributed by atoms with van der Waals surface area (Å²) in [6.45, 7) is 5.73. The van der Waals surface area contributed by atoms with Crippen LogP contribution in [0.3, 0.4) is 0 Å². The number of alkyl halides is 3. The first-order valence-corrected chi connectivity index (χ1v) is 14.1. The molecule has 0 radical (unpaired) electrons. The second-order valence-electron chi connectivity index (χ2n) is 11.4. The average molecular weight is 604 g/mol. The number of halogens is 4. The number of aromatic nitrogens is 1. The molecule has 1 fully saturated rings. The Labute approximate surface area is 248 Å². The fraction of sp³-hybridized carbons (Fsp3) is 0.438. The maximum absolute atomic E-state index is 14.7. The van der Waals surface area contributed by atoms with Crippen LogP contribution < -0.4 is 20.5 Å². The van der Waals surface area contributed by atoms with Gasteiger partial charge < -0.3 is 25.6 Å². The number of carbonyl (C=O) groups excluding carboxylic acids is 1. The zero-order valence-electron chi connectivity index (χ0n) is 24.6. The molecule has 43 heavy (non-hydrogen) atoms. The number of ether oxygens (including phenoxy) is 2. The largest absolute Gasteiger partial charge is 0.493 e. The van der Waals surface area contributed by atoms with E-state index < -0.39 is 47.5 Å². The second-order valence-corrected chi connectivity index (χ2v) is 11.4. The molecule has 1 heterocycles. The number of Topliss-reactive ketones (excluding diaryl/α,β-unsaturated/α-hetero) is 1. The molecule has 1 atom stereocenters. The molecule has 232 valence electrons. The van der Waals surface area contributed by atoms with Gasteiger partial charge >= 0.3 is 6.18 Å². The number of benzene rings is 2. The van der Waals surface area contributed by atoms with E-state index in [0.717, 1.165) is 12.8 Å². The Morgan fingerprint density at radius 1 is 1.09 bits per heavy atom. The van der Waals surface area contributed by atoms with Crippen molar-refractivity contribution in [2.45, 2.75) is 69.9 Å². The van der Waals surface area contributed by atoms with Gasteiger partial charge in [0.05, 0.1) is 24.6 Å². The summed E-state index contributed by atoms with van der Waals surface area (Å²) in [6, 6.07) is 11.3. The molecule has 1 aliphatic rings. The maximum atomic E-state index is 14.7. The van der Waals surface area contributed by atoms with E-state index in [2.05, 4.69) is 10.3 Å². The predicted molar refractivity (Wildman–Crippen MR) is 155 cm³/mol. The number of hydrogen-bond acceptors (Lipinski definition) is 7. The van der Waals surface area contributed by atoms with Crippen molar-refractivity contribution < 1.29 is 36.9 Å². The quantitative estimate of drug-likeness (QED) is 0.164. The van der Waals surface area contributed by atoms with Gasteiger partial charge in [-0.3, -0.25) is 4.79 Å². The van der Waals surface area contributed by atoms with Crippen molar-refractivity contribution in [2.75, 3.05) is 20.2 Å². The molecule has 0 spiro atoms. The van der Waals surface area contributed by atoms with Crippen LogP contribution in [-0.2, 0) is 11.1 Å². The highest BCUT2D eigenvalue weighted by molar-refractivity contribution is 5.96. The van der Waals surface area contributed by atoms with Gasteiger partial charge in [0.1, 0.15) is 5.82 Å². The lowest BCUT2D eigenvalue weighted by atomic mass is 9.85. The molecule has 0 saturated heterocycles. The summed E-state index contributed by atoms with van der Waals surface area (Å²) in [4.78, 5) is 17.4. The molecule has 2 aromatic carbocycles. The number of hydrogen-bond donors (Lipinski definition) is 3. The molecule has 7 nitrogen and oxygen atoms in total. The van der Waals surface area contributed by atoms with Crippen molar-refractivity contribution >= 4 is 5.78 Å². The first kappa shape index (κ1) is 32.4. The summed E-state index contributed by atoms with van der Waals surface area (Å²) in [5.41, 5.74) is 1.93. The van der Waals surface area contributed by atoms with E-state index in [1.807, 2.05) is 0 Å². The molecule has 1 aliphatic carbocycles. The number of pyridine rings is 1. The molecule has 3 aromatic rings. The molecule has 0 amide bonds. The topological polar surface area (TPSA) is 107 Å². The fourth-order valence-electron chi connectivity index (χ4n) is 4.70. The van der Waals surface area contributed by atoms with Crippen LogP contribution in [0.5, 0.6) is 11.5 Å². The van der Waals surface area contributed by atoms with E-state index in [4.69, 9.17) is 15.2 Å². The summed E-state index contributed by atoms with van der Waals surface area (Å²) in [6.07, 6.45) is -4.88. The van der Waals surface area contributed by atoms with Gasteiger partial charge in [-0.15, -0.1) is 0 Å². The number of methoxy groups -OCH3 is 1. The van der Waals surface area contributed by atoms with Crippen LogP contribution in [0.1, 0.15) is 66.7 Å². The van der Waals surface area contributed by atoms with E-state index in [0.29, 0.717) is 35.7 Å². The number of aliphatic hydroxyl groups is 1. The Morgan fingerprint density at radius 3 is 2.42 bits per heavy atom. The van der Waals surface area contributed by atoms with Gasteiger partial charge in [0.25, 0.3) is 0 Å². The molecule has 1 unspecified atom stereocenters. The van der Waals surface area contributed by atoms with Crippen molar-refractivity contribution in [1.82, 2.24) is 10.3 Å². The van der Waals surface area contributed by atoms with Gasteiger partial charge in [-0.05, 0) is 99.7 Å². The van der Waals surface area contributed by atoms with Gasteiger partial charge in [0.2, 0.25) is 5.60 Å². The van der Waals surface area contributed by atoms with Crippen molar-refractivity contribution in [3.63, 3.8) is 0 Å². The number of carbonyl (C=O) groups is 1. The normalized spacial score (nSPS) is 15.2. The maximum Gasteiger partial charge on any atom is 0.422 e. The van der Waals surface area contributed by atoms with Crippen LogP contribution in [0.2, 0.25) is 0 Å². The lowest BCUT2D eigenvalue weighted by Crippen LogP contribution is -2.44. The smallest absolute Gasteiger partial charge is 0.422 e. The minimum Gasteiger partial charge on any atom is -0.493 e. The fourth-order valence-corrected chi connectivity index (χ4v) is 4.70. The highest BCUT2D eigenvalue weighted by atomic mass is 19.4. The van der Waals surface area contributed by atoms with E-state index in [1.165, 1.54) is 50.4 Å². The monoisotopic (exact) mass is 603 g/mol. The standard InChI is InChI=1S/C32H37F4N3O4/c1-19-15-20(5-9-24(19)33)25-17-22(30(2,3)38-14-13-37)18-29(39-25)31(41,32(34,35)36)12-11-26(40)21-6-10-27(28(16-21)42-4)43-23-7-8-23/h5-6,9-10,15-18,23,38,41H,7-8,11-14,37H2,1-4H3. The molecule has 1 saturated carbocycles. The first-order valence-electron chi connectivity index (χ1n) is 14.1. The number of nitrogens with two attached hydrogens (primary N) is 1. The summed E-state index contributed by atoms with van der Waals surface area (Å²) < 4.78 is 69.2. The molecule has 0 bridgehead atoms. The first-order chi connectivity index (χ1) is 20.2. The molecule has 4 rings (SSSR count). The van der Waals surface area contributed by atoms with Crippen LogP contribution in [0.25, 0.3) is 11.3 Å². The lowest BCUT2D eigenvalue weighted by Gasteiger charge is -2.33. The van der Waals surface area contributed by atoms with Gasteiger partial charge in [-0.25, -0.2) is 9.37 Å². The van der Waals surface area contributed by atoms with Gasteiger partial charge in [0, 0.05) is 36.2 Å². The van der Waals surface area contributed by atoms with E-state index in [-0.39, 0.29) is 22.9 Å². The summed E-state index contributed by atoms with van der Waals surface area (Å²) in [7, 11) is 1.41. The predicted octanol–water partition coefficient (Wildman–Crippen LogP) is 5.94. The van der Waals surface area contributed by atoms with Crippen molar-refractivity contribution in [1.29, 1.82) is 0 Å². The Kier molecular flexibility index (Phi) is 9.48. The Morgan fingerprint density at radius 2 is 1.81 bits per heavy atom. The lowest BCUT2D eigenvalue weighted by molar-refractivity contribution is -0.270. The number of nitrogens with zero attached hydrogens (tertiary/aromatic N) is 1. The number of nitrogens with one attached hydrogen (secondary N) is 1. The van der Waals surface area contributed by atoms with Crippen LogP contribution >= 0.6 is 0 Å². The van der Waals surface area contributed by atoms with Crippen molar-refractivity contribution in [3.8, 4) is 22.8 Å². The van der Waals surface area contributed by atoms with Gasteiger partial charge in [0.15, 0.2) is 17.3 Å². The Balaban J connectivity index is 1.72. The number of rotatable bonds is 13. The molecular formula is C32H37F4N3O4. The molecule has 4 N–H and O–H groups in total. The SMILES string of the molecule is COc1cc(C(=O)CCC(O)(c2cc(C(C)(C)NCCN)cc(-c3ccc(F)c(C)c3)n2)C(F)(F)F)ccc1OC1CC1. The molecule has 1 aromatic heterocycles. The zero-order valence-corrected chi connectivity index (χ0v) is 24.6. The summed E-state index contributed by atoms with van der Waals surface area (Å²) in [5, 5.41) is 14.5. The second kappa shape index (κ2) is 12.6. The Bertz CT molecular complexity index is 1470. The van der Waals surface area contributed by atoms with E-state index >= 15 is 0 Å². The van der Waals surface area contributed by atoms with Crippen molar-refractivity contribution in [2.24, 2.45) is 5.73 Å². The number of ketones is 1. The highest BCUT2D eigenvalue weighted by Gasteiger charge is 2.56. The molecule has 0 aliphatic heterocycles. The van der Waals surface area contributed by atoms with Gasteiger partial charge in [-0.1, -0.05) is 0 Å². The van der Waals surface area contributed by atoms with Crippen LogP contribution in [-0.4, -0.2) is 48.4 Å². The number of aryl methyl sites for hydroxylation is 1. The third kappa shape index (κ3) is 7.34.